The summed E-state index contributed by atoms with van der Waals surface area (Å²) < 4.78 is 40.1. The van der Waals surface area contributed by atoms with Crippen LogP contribution in [0.2, 0.25) is 0 Å². The number of anilines is 2. The Kier molecular flexibility index (Phi) is 5.93. The van der Waals surface area contributed by atoms with Gasteiger partial charge in [-0.25, -0.2) is 15.0 Å². The Morgan fingerprint density at radius 3 is 2.64 bits per heavy atom. The molecule has 2 heterocycles. The third-order valence-corrected chi connectivity index (χ3v) is 4.28. The first-order valence-electron chi connectivity index (χ1n) is 8.58. The number of halogens is 3. The van der Waals surface area contributed by atoms with Crippen molar-refractivity contribution >= 4 is 17.4 Å². The van der Waals surface area contributed by atoms with E-state index in [9.17, 15) is 23.1 Å². The molecule has 2 atom stereocenters. The SMILES string of the molecule is O=C(Nc1ccc(OC(F)(F)F)nc1)c1nccnc1NCC1CCC[C@@H]1O. The van der Waals surface area contributed by atoms with Crippen LogP contribution < -0.4 is 15.4 Å². The predicted octanol–water partition coefficient (Wildman–Crippen LogP) is 2.60. The molecule has 3 rings (SSSR count). The Bertz CT molecular complexity index is 816. The topological polar surface area (TPSA) is 109 Å². The molecule has 150 valence electrons. The third kappa shape index (κ3) is 5.28. The fourth-order valence-corrected chi connectivity index (χ4v) is 2.94. The molecule has 8 nitrogen and oxygen atoms in total. The summed E-state index contributed by atoms with van der Waals surface area (Å²) in [5, 5.41) is 15.4. The van der Waals surface area contributed by atoms with Crippen LogP contribution in [0.25, 0.3) is 0 Å². The molecule has 0 aromatic carbocycles. The van der Waals surface area contributed by atoms with Gasteiger partial charge in [0.15, 0.2) is 11.5 Å². The van der Waals surface area contributed by atoms with Crippen molar-refractivity contribution in [2.45, 2.75) is 31.7 Å². The minimum absolute atomic E-state index is 0.0191. The van der Waals surface area contributed by atoms with Crippen LogP contribution in [-0.2, 0) is 0 Å². The van der Waals surface area contributed by atoms with Gasteiger partial charge in [0.05, 0.1) is 18.0 Å². The summed E-state index contributed by atoms with van der Waals surface area (Å²) in [5.41, 5.74) is 0.188. The lowest BCUT2D eigenvalue weighted by atomic mass is 10.1. The number of rotatable bonds is 6. The van der Waals surface area contributed by atoms with E-state index in [-0.39, 0.29) is 29.2 Å². The standard InChI is InChI=1S/C17H18F3N5O3/c18-17(19,20)28-13-5-4-11(9-23-13)25-16(27)14-15(22-7-6-21-14)24-8-10-2-1-3-12(10)26/h4-7,9-10,12,26H,1-3,8H2,(H,22,24)(H,25,27)/t10?,12-/m0/s1. The highest BCUT2D eigenvalue weighted by Gasteiger charge is 2.31. The number of amides is 1. The van der Waals surface area contributed by atoms with E-state index >= 15 is 0 Å². The van der Waals surface area contributed by atoms with Gasteiger partial charge < -0.3 is 20.5 Å². The molecule has 1 saturated carbocycles. The number of carbonyl (C=O) groups is 1. The lowest BCUT2D eigenvalue weighted by molar-refractivity contribution is -0.276. The van der Waals surface area contributed by atoms with Crippen molar-refractivity contribution in [3.05, 3.63) is 36.4 Å². The van der Waals surface area contributed by atoms with Crippen LogP contribution in [0.1, 0.15) is 29.8 Å². The zero-order valence-corrected chi connectivity index (χ0v) is 14.6. The molecule has 1 fully saturated rings. The molecule has 0 aliphatic heterocycles. The lowest BCUT2D eigenvalue weighted by Gasteiger charge is -2.16. The van der Waals surface area contributed by atoms with E-state index in [1.54, 1.807) is 0 Å². The summed E-state index contributed by atoms with van der Waals surface area (Å²) in [4.78, 5) is 24.1. The molecular formula is C17H18F3N5O3. The second kappa shape index (κ2) is 8.38. The van der Waals surface area contributed by atoms with E-state index in [2.05, 4.69) is 30.3 Å². The van der Waals surface area contributed by atoms with Gasteiger partial charge in [-0.05, 0) is 18.9 Å². The van der Waals surface area contributed by atoms with Crippen LogP contribution in [0.4, 0.5) is 24.7 Å². The first-order valence-corrected chi connectivity index (χ1v) is 8.58. The van der Waals surface area contributed by atoms with Crippen LogP contribution in [0, 0.1) is 5.92 Å². The van der Waals surface area contributed by atoms with Crippen molar-refractivity contribution in [1.82, 2.24) is 15.0 Å². The number of aromatic nitrogens is 3. The van der Waals surface area contributed by atoms with Crippen molar-refractivity contribution in [3.8, 4) is 5.88 Å². The molecule has 1 aliphatic carbocycles. The molecule has 3 N–H and O–H groups in total. The molecule has 1 aliphatic rings. The average Bonchev–Trinajstić information content (AvgIpc) is 3.05. The summed E-state index contributed by atoms with van der Waals surface area (Å²) in [6, 6.07) is 2.21. The smallest absolute Gasteiger partial charge is 0.393 e. The monoisotopic (exact) mass is 397 g/mol. The number of alkyl halides is 3. The van der Waals surface area contributed by atoms with Gasteiger partial charge in [0.25, 0.3) is 5.91 Å². The Hall–Kier alpha value is -2.95. The Labute approximate surface area is 158 Å². The lowest BCUT2D eigenvalue weighted by Crippen LogP contribution is -2.24. The van der Waals surface area contributed by atoms with Crippen molar-refractivity contribution in [2.24, 2.45) is 5.92 Å². The highest BCUT2D eigenvalue weighted by molar-refractivity contribution is 6.05. The molecule has 0 radical (unpaired) electrons. The zero-order chi connectivity index (χ0) is 20.1. The summed E-state index contributed by atoms with van der Waals surface area (Å²) in [7, 11) is 0. The van der Waals surface area contributed by atoms with Gasteiger partial charge in [-0.2, -0.15) is 0 Å². The number of nitrogens with one attached hydrogen (secondary N) is 2. The predicted molar refractivity (Wildman–Crippen MR) is 92.7 cm³/mol. The van der Waals surface area contributed by atoms with Gasteiger partial charge in [-0.15, -0.1) is 13.2 Å². The van der Waals surface area contributed by atoms with Gasteiger partial charge >= 0.3 is 6.36 Å². The first kappa shape index (κ1) is 19.8. The molecule has 28 heavy (non-hydrogen) atoms. The number of hydrogen-bond donors (Lipinski definition) is 3. The second-order valence-corrected chi connectivity index (χ2v) is 6.28. The van der Waals surface area contributed by atoms with Gasteiger partial charge in [0.2, 0.25) is 5.88 Å². The summed E-state index contributed by atoms with van der Waals surface area (Å²) >= 11 is 0. The van der Waals surface area contributed by atoms with E-state index in [1.807, 2.05) is 0 Å². The number of nitrogens with zero attached hydrogens (tertiary/aromatic N) is 3. The van der Waals surface area contributed by atoms with Gasteiger partial charge in [0.1, 0.15) is 0 Å². The Morgan fingerprint density at radius 1 is 1.21 bits per heavy atom. The number of pyridine rings is 1. The maximum absolute atomic E-state index is 12.5. The minimum atomic E-state index is -4.84. The number of hydrogen-bond acceptors (Lipinski definition) is 7. The van der Waals surface area contributed by atoms with E-state index in [0.29, 0.717) is 6.54 Å². The molecule has 11 heteroatoms. The fourth-order valence-electron chi connectivity index (χ4n) is 2.94. The number of aliphatic hydroxyl groups is 1. The highest BCUT2D eigenvalue weighted by Crippen LogP contribution is 2.26. The number of aliphatic hydroxyl groups excluding tert-OH is 1. The zero-order valence-electron chi connectivity index (χ0n) is 14.6. The third-order valence-electron chi connectivity index (χ3n) is 4.28. The van der Waals surface area contributed by atoms with Crippen LogP contribution in [0.15, 0.2) is 30.7 Å². The Morgan fingerprint density at radius 2 is 2.00 bits per heavy atom. The molecule has 1 amide bonds. The first-order chi connectivity index (χ1) is 13.3. The summed E-state index contributed by atoms with van der Waals surface area (Å²) in [5.74, 6) is -0.913. The molecule has 1 unspecified atom stereocenters. The quantitative estimate of drug-likeness (QED) is 0.687. The number of carbonyl (C=O) groups excluding carboxylic acids is 1. The van der Waals surface area contributed by atoms with Crippen LogP contribution >= 0.6 is 0 Å². The molecule has 2 aromatic heterocycles. The summed E-state index contributed by atoms with van der Waals surface area (Å²) in [6.07, 6.45) is 1.17. The normalized spacial score (nSPS) is 19.3. The fraction of sp³-hybridized carbons (Fsp3) is 0.412. The maximum atomic E-state index is 12.5. The van der Waals surface area contributed by atoms with Gasteiger partial charge in [0, 0.05) is 30.9 Å². The highest BCUT2D eigenvalue weighted by atomic mass is 19.4. The number of ether oxygens (including phenoxy) is 1. The molecule has 0 spiro atoms. The van der Waals surface area contributed by atoms with Gasteiger partial charge in [-0.1, -0.05) is 6.42 Å². The molecule has 0 saturated heterocycles. The van der Waals surface area contributed by atoms with Crippen LogP contribution in [0.3, 0.4) is 0 Å². The largest absolute Gasteiger partial charge is 0.574 e. The van der Waals surface area contributed by atoms with E-state index in [4.69, 9.17) is 0 Å². The average molecular weight is 397 g/mol. The minimum Gasteiger partial charge on any atom is -0.393 e. The van der Waals surface area contributed by atoms with Crippen molar-refractivity contribution in [2.75, 3.05) is 17.2 Å². The molecular weight excluding hydrogens is 379 g/mol. The van der Waals surface area contributed by atoms with Gasteiger partial charge in [-0.3, -0.25) is 4.79 Å². The van der Waals surface area contributed by atoms with Crippen molar-refractivity contribution in [3.63, 3.8) is 0 Å². The van der Waals surface area contributed by atoms with E-state index in [1.165, 1.54) is 18.5 Å². The van der Waals surface area contributed by atoms with Crippen molar-refractivity contribution < 1.29 is 27.8 Å². The van der Waals surface area contributed by atoms with Crippen LogP contribution in [0.5, 0.6) is 5.88 Å². The van der Waals surface area contributed by atoms with E-state index in [0.717, 1.165) is 31.5 Å². The van der Waals surface area contributed by atoms with Crippen molar-refractivity contribution in [1.29, 1.82) is 0 Å². The maximum Gasteiger partial charge on any atom is 0.574 e. The van der Waals surface area contributed by atoms with E-state index < -0.39 is 18.1 Å². The van der Waals surface area contributed by atoms with Crippen LogP contribution in [-0.4, -0.2) is 45.0 Å². The second-order valence-electron chi connectivity index (χ2n) is 6.28. The Balaban J connectivity index is 1.64. The molecule has 2 aromatic rings. The summed E-state index contributed by atoms with van der Waals surface area (Å²) in [6.45, 7) is 0.450. The molecule has 0 bridgehead atoms.